The third-order valence-electron chi connectivity index (χ3n) is 6.29. The summed E-state index contributed by atoms with van der Waals surface area (Å²) in [6.07, 6.45) is 6.86. The molecule has 0 aromatic carbocycles. The van der Waals surface area contributed by atoms with E-state index in [0.717, 1.165) is 25.3 Å². The minimum atomic E-state index is -2.97. The van der Waals surface area contributed by atoms with E-state index in [1.165, 1.54) is 25.1 Å². The SMILES string of the molecule is CC(=O)N1C[C@@H]2C(n3cc(-c4cnc(N)c(OC(F)F)c4)nc3CC3CC3)[C@@H]2C1. The molecule has 154 valence electrons. The number of carbonyl (C=O) groups excluding carboxylic acids is 1. The van der Waals surface area contributed by atoms with Crippen molar-refractivity contribution in [3.05, 3.63) is 24.3 Å². The molecule has 0 radical (unpaired) electrons. The van der Waals surface area contributed by atoms with Crippen molar-refractivity contribution >= 4 is 11.7 Å². The summed E-state index contributed by atoms with van der Waals surface area (Å²) in [5.74, 6) is 2.51. The van der Waals surface area contributed by atoms with Crippen LogP contribution in [0.1, 0.15) is 31.6 Å². The molecule has 3 fully saturated rings. The molecule has 1 aliphatic heterocycles. The molecular weight excluding hydrogens is 380 g/mol. The Bertz CT molecular complexity index is 946. The molecule has 3 atom stereocenters. The van der Waals surface area contributed by atoms with Crippen LogP contribution in [0, 0.1) is 17.8 Å². The Hall–Kier alpha value is -2.71. The maximum atomic E-state index is 12.6. The number of aromatic nitrogens is 3. The van der Waals surface area contributed by atoms with Crippen molar-refractivity contribution in [1.29, 1.82) is 0 Å². The van der Waals surface area contributed by atoms with Gasteiger partial charge in [0.15, 0.2) is 11.6 Å². The number of rotatable bonds is 6. The number of nitrogen functional groups attached to an aromatic ring is 1. The number of imidazole rings is 1. The molecule has 0 spiro atoms. The van der Waals surface area contributed by atoms with Crippen LogP contribution >= 0.6 is 0 Å². The van der Waals surface area contributed by atoms with Crippen molar-refractivity contribution < 1.29 is 18.3 Å². The zero-order valence-corrected chi connectivity index (χ0v) is 16.1. The van der Waals surface area contributed by atoms with Gasteiger partial charge in [0.05, 0.1) is 5.69 Å². The minimum Gasteiger partial charge on any atom is -0.431 e. The number of ether oxygens (including phenoxy) is 1. The second-order valence-corrected chi connectivity index (χ2v) is 8.33. The quantitative estimate of drug-likeness (QED) is 0.802. The van der Waals surface area contributed by atoms with Gasteiger partial charge in [-0.3, -0.25) is 4.79 Å². The Morgan fingerprint density at radius 1 is 1.34 bits per heavy atom. The minimum absolute atomic E-state index is 0.0762. The lowest BCUT2D eigenvalue weighted by atomic mass is 10.2. The Labute approximate surface area is 166 Å². The van der Waals surface area contributed by atoms with Crippen LogP contribution in [0.3, 0.4) is 0 Å². The number of halogens is 2. The molecule has 1 unspecified atom stereocenters. The van der Waals surface area contributed by atoms with Gasteiger partial charge >= 0.3 is 6.61 Å². The average molecular weight is 403 g/mol. The van der Waals surface area contributed by atoms with Gasteiger partial charge in [-0.25, -0.2) is 9.97 Å². The zero-order chi connectivity index (χ0) is 20.3. The maximum absolute atomic E-state index is 12.6. The first kappa shape index (κ1) is 18.3. The molecule has 3 heterocycles. The fraction of sp³-hybridized carbons (Fsp3) is 0.550. The second kappa shape index (κ2) is 6.67. The number of hydrogen-bond donors (Lipinski definition) is 1. The molecule has 2 saturated carbocycles. The highest BCUT2D eigenvalue weighted by atomic mass is 19.3. The number of piperidine rings is 1. The van der Waals surface area contributed by atoms with Gasteiger partial charge in [-0.05, 0) is 24.8 Å². The number of likely N-dealkylation sites (tertiary alicyclic amines) is 1. The summed E-state index contributed by atoms with van der Waals surface area (Å²) in [6, 6.07) is 1.81. The summed E-state index contributed by atoms with van der Waals surface area (Å²) in [6.45, 7) is 0.224. The van der Waals surface area contributed by atoms with E-state index in [2.05, 4.69) is 14.3 Å². The third kappa shape index (κ3) is 3.42. The van der Waals surface area contributed by atoms with E-state index < -0.39 is 6.61 Å². The highest BCUT2D eigenvalue weighted by molar-refractivity contribution is 5.74. The van der Waals surface area contributed by atoms with Crippen molar-refractivity contribution in [2.75, 3.05) is 18.8 Å². The van der Waals surface area contributed by atoms with Crippen LogP contribution < -0.4 is 10.5 Å². The van der Waals surface area contributed by atoms with Gasteiger partial charge in [0.1, 0.15) is 5.82 Å². The number of amides is 1. The molecule has 2 aliphatic carbocycles. The number of pyridine rings is 1. The van der Waals surface area contributed by atoms with Gasteiger partial charge in [-0.2, -0.15) is 8.78 Å². The van der Waals surface area contributed by atoms with Gasteiger partial charge in [-0.1, -0.05) is 0 Å². The molecule has 2 aromatic heterocycles. The van der Waals surface area contributed by atoms with Crippen molar-refractivity contribution in [1.82, 2.24) is 19.4 Å². The number of anilines is 1. The van der Waals surface area contributed by atoms with Gasteiger partial charge in [-0.15, -0.1) is 0 Å². The number of carbonyl (C=O) groups is 1. The summed E-state index contributed by atoms with van der Waals surface area (Å²) >= 11 is 0. The van der Waals surface area contributed by atoms with E-state index in [0.29, 0.717) is 35.1 Å². The highest BCUT2D eigenvalue weighted by Gasteiger charge is 2.58. The standard InChI is InChI=1S/C20H23F2N5O2/c1-10(28)26-7-13-14(8-26)18(13)27-9-15(25-17(27)4-11-2-3-11)12-5-16(29-20(21)22)19(23)24-6-12/h5-6,9,11,13-14,18,20H,2-4,7-8H2,1H3,(H2,23,24)/t13-,14+,18?. The first-order valence-electron chi connectivity index (χ1n) is 9.94. The number of fused-ring (bicyclic) bond motifs is 1. The van der Waals surface area contributed by atoms with Crippen LogP contribution in [0.25, 0.3) is 11.3 Å². The smallest absolute Gasteiger partial charge is 0.387 e. The van der Waals surface area contributed by atoms with E-state index in [1.807, 2.05) is 11.1 Å². The third-order valence-corrected chi connectivity index (χ3v) is 6.29. The van der Waals surface area contributed by atoms with E-state index in [-0.39, 0.29) is 17.5 Å². The number of nitrogens with two attached hydrogens (primary N) is 1. The fourth-order valence-corrected chi connectivity index (χ4v) is 4.51. The van der Waals surface area contributed by atoms with Crippen molar-refractivity contribution in [2.24, 2.45) is 17.8 Å². The molecule has 5 rings (SSSR count). The van der Waals surface area contributed by atoms with Crippen LogP contribution in [0.4, 0.5) is 14.6 Å². The van der Waals surface area contributed by atoms with Crippen LogP contribution in [-0.2, 0) is 11.2 Å². The summed E-state index contributed by atoms with van der Waals surface area (Å²) in [4.78, 5) is 22.3. The lowest BCUT2D eigenvalue weighted by Crippen LogP contribution is -2.29. The Kier molecular flexibility index (Phi) is 4.22. The normalized spacial score (nSPS) is 25.4. The first-order chi connectivity index (χ1) is 13.9. The zero-order valence-electron chi connectivity index (χ0n) is 16.1. The molecular formula is C20H23F2N5O2. The van der Waals surface area contributed by atoms with E-state index >= 15 is 0 Å². The lowest BCUT2D eigenvalue weighted by molar-refractivity contribution is -0.128. The van der Waals surface area contributed by atoms with Crippen LogP contribution in [0.15, 0.2) is 18.5 Å². The van der Waals surface area contributed by atoms with Crippen molar-refractivity contribution in [3.63, 3.8) is 0 Å². The van der Waals surface area contributed by atoms with Gasteiger partial charge < -0.3 is 19.9 Å². The lowest BCUT2D eigenvalue weighted by Gasteiger charge is -2.19. The number of hydrogen-bond acceptors (Lipinski definition) is 5. The molecule has 3 aliphatic rings. The molecule has 1 amide bonds. The second-order valence-electron chi connectivity index (χ2n) is 8.33. The van der Waals surface area contributed by atoms with Gasteiger partial charge in [0, 0.05) is 62.3 Å². The first-order valence-corrected chi connectivity index (χ1v) is 9.94. The molecule has 1 saturated heterocycles. The average Bonchev–Trinajstić information content (AvgIpc) is 3.50. The monoisotopic (exact) mass is 403 g/mol. The summed E-state index contributed by atoms with van der Waals surface area (Å²) < 4.78 is 32.0. The van der Waals surface area contributed by atoms with Crippen LogP contribution in [0.2, 0.25) is 0 Å². The predicted molar refractivity (Wildman–Crippen MR) is 101 cm³/mol. The predicted octanol–water partition coefficient (Wildman–Crippen LogP) is 2.73. The summed E-state index contributed by atoms with van der Waals surface area (Å²) in [5, 5.41) is 0. The number of alkyl halides is 2. The molecule has 0 bridgehead atoms. The molecule has 29 heavy (non-hydrogen) atoms. The molecule has 2 N–H and O–H groups in total. The van der Waals surface area contributed by atoms with Gasteiger partial charge in [0.2, 0.25) is 5.91 Å². The number of nitrogens with zero attached hydrogens (tertiary/aromatic N) is 4. The van der Waals surface area contributed by atoms with Crippen LogP contribution in [0.5, 0.6) is 5.75 Å². The highest BCUT2D eigenvalue weighted by Crippen LogP contribution is 2.56. The molecule has 9 heteroatoms. The van der Waals surface area contributed by atoms with Crippen molar-refractivity contribution in [3.8, 4) is 17.0 Å². The molecule has 7 nitrogen and oxygen atoms in total. The van der Waals surface area contributed by atoms with Crippen molar-refractivity contribution in [2.45, 2.75) is 38.8 Å². The summed E-state index contributed by atoms with van der Waals surface area (Å²) in [5.41, 5.74) is 6.94. The Morgan fingerprint density at radius 2 is 2.07 bits per heavy atom. The molecule has 2 aromatic rings. The largest absolute Gasteiger partial charge is 0.431 e. The fourth-order valence-electron chi connectivity index (χ4n) is 4.51. The maximum Gasteiger partial charge on any atom is 0.387 e. The van der Waals surface area contributed by atoms with E-state index in [4.69, 9.17) is 10.7 Å². The van der Waals surface area contributed by atoms with E-state index in [9.17, 15) is 13.6 Å². The van der Waals surface area contributed by atoms with E-state index in [1.54, 1.807) is 6.92 Å². The topological polar surface area (TPSA) is 86.3 Å². The van der Waals surface area contributed by atoms with Gasteiger partial charge in [0.25, 0.3) is 0 Å². The summed E-state index contributed by atoms with van der Waals surface area (Å²) in [7, 11) is 0. The Balaban J connectivity index is 1.43. The van der Waals surface area contributed by atoms with Crippen LogP contribution in [-0.4, -0.2) is 45.0 Å². The Morgan fingerprint density at radius 3 is 2.69 bits per heavy atom.